The maximum atomic E-state index is 13.7. The predicted octanol–water partition coefficient (Wildman–Crippen LogP) is 3.75. The van der Waals surface area contributed by atoms with Crippen molar-refractivity contribution in [3.8, 4) is 0 Å². The van der Waals surface area contributed by atoms with Gasteiger partial charge < -0.3 is 24.6 Å². The molecule has 2 aliphatic heterocycles. The van der Waals surface area contributed by atoms with Crippen molar-refractivity contribution < 1.29 is 32.5 Å². The summed E-state index contributed by atoms with van der Waals surface area (Å²) in [6.45, 7) is 6.89. The summed E-state index contributed by atoms with van der Waals surface area (Å²) < 4.78 is 45.6. The molecule has 9 nitrogen and oxygen atoms in total. The summed E-state index contributed by atoms with van der Waals surface area (Å²) >= 11 is 0. The zero-order chi connectivity index (χ0) is 28.7. The Bertz CT molecular complexity index is 1190. The van der Waals surface area contributed by atoms with E-state index in [1.165, 1.54) is 4.31 Å². The number of rotatable bonds is 13. The van der Waals surface area contributed by atoms with Gasteiger partial charge in [-0.25, -0.2) is 13.2 Å². The van der Waals surface area contributed by atoms with Crippen LogP contribution in [0.1, 0.15) is 44.7 Å². The zero-order valence-corrected chi connectivity index (χ0v) is 24.4. The highest BCUT2D eigenvalue weighted by molar-refractivity contribution is 7.89. The first-order chi connectivity index (χ1) is 19.2. The van der Waals surface area contributed by atoms with E-state index in [2.05, 4.69) is 5.32 Å². The number of ether oxygens (including phenoxy) is 3. The second kappa shape index (κ2) is 13.9. The van der Waals surface area contributed by atoms with E-state index in [0.717, 1.165) is 30.4 Å². The number of alkyl carbamates (subject to hydrolysis) is 1. The van der Waals surface area contributed by atoms with Gasteiger partial charge in [-0.3, -0.25) is 0 Å². The summed E-state index contributed by atoms with van der Waals surface area (Å²) in [5.74, 6) is 0.0600. The molecule has 1 amide bonds. The molecular weight excluding hydrogens is 532 g/mol. The second-order valence-electron chi connectivity index (χ2n) is 10.8. The van der Waals surface area contributed by atoms with Gasteiger partial charge >= 0.3 is 6.09 Å². The van der Waals surface area contributed by atoms with Gasteiger partial charge in [0.15, 0.2) is 6.29 Å². The highest BCUT2D eigenvalue weighted by Gasteiger charge is 2.44. The van der Waals surface area contributed by atoms with Gasteiger partial charge in [0.2, 0.25) is 10.0 Å². The van der Waals surface area contributed by atoms with Crippen LogP contribution < -0.4 is 5.32 Å². The minimum Gasteiger partial charge on any atom is -0.443 e. The Morgan fingerprint density at radius 3 is 2.48 bits per heavy atom. The molecule has 0 bridgehead atoms. The van der Waals surface area contributed by atoms with Gasteiger partial charge in [-0.2, -0.15) is 4.31 Å². The number of aliphatic hydroxyl groups is 1. The summed E-state index contributed by atoms with van der Waals surface area (Å²) in [5.41, 5.74) is 1.94. The first-order valence-corrected chi connectivity index (χ1v) is 15.7. The quantitative estimate of drug-likeness (QED) is 0.375. The average molecular weight is 575 g/mol. The van der Waals surface area contributed by atoms with Crippen LogP contribution in [-0.2, 0) is 37.1 Å². The fraction of sp³-hybridized carbons (Fsp3) is 0.567. The van der Waals surface area contributed by atoms with Gasteiger partial charge in [0.25, 0.3) is 0 Å². The van der Waals surface area contributed by atoms with Crippen LogP contribution in [0.25, 0.3) is 0 Å². The van der Waals surface area contributed by atoms with Gasteiger partial charge in [-0.15, -0.1) is 0 Å². The lowest BCUT2D eigenvalue weighted by atomic mass is 10.0. The molecule has 2 aromatic rings. The average Bonchev–Trinajstić information content (AvgIpc) is 3.58. The Morgan fingerprint density at radius 2 is 1.80 bits per heavy atom. The van der Waals surface area contributed by atoms with Crippen LogP contribution in [-0.4, -0.2) is 74.8 Å². The third-order valence-electron chi connectivity index (χ3n) is 7.88. The first-order valence-electron chi connectivity index (χ1n) is 14.2. The second-order valence-corrected chi connectivity index (χ2v) is 12.7. The Morgan fingerprint density at radius 1 is 1.07 bits per heavy atom. The first kappa shape index (κ1) is 30.5. The number of carbonyl (C=O) groups excluding carboxylic acids is 1. The van der Waals surface area contributed by atoms with E-state index in [4.69, 9.17) is 14.2 Å². The highest BCUT2D eigenvalue weighted by atomic mass is 32.2. The number of hydrogen-bond donors (Lipinski definition) is 2. The highest BCUT2D eigenvalue weighted by Crippen LogP contribution is 2.33. The molecule has 0 unspecified atom stereocenters. The van der Waals surface area contributed by atoms with Gasteiger partial charge in [0.1, 0.15) is 6.10 Å². The molecule has 2 aliphatic rings. The number of fused-ring (bicyclic) bond motifs is 1. The number of aliphatic hydroxyl groups excluding tert-OH is 1. The summed E-state index contributed by atoms with van der Waals surface area (Å²) in [6, 6.07) is 15.5. The maximum Gasteiger partial charge on any atom is 0.407 e. The molecule has 10 heteroatoms. The predicted molar refractivity (Wildman–Crippen MR) is 151 cm³/mol. The fourth-order valence-corrected chi connectivity index (χ4v) is 6.73. The molecule has 0 radical (unpaired) electrons. The number of nitrogens with one attached hydrogen (secondary N) is 1. The van der Waals surface area contributed by atoms with Crippen molar-refractivity contribution in [1.82, 2.24) is 9.62 Å². The van der Waals surface area contributed by atoms with E-state index in [1.54, 1.807) is 12.1 Å². The summed E-state index contributed by atoms with van der Waals surface area (Å²) in [6.07, 6.45) is -0.0124. The van der Waals surface area contributed by atoms with Crippen molar-refractivity contribution in [3.63, 3.8) is 0 Å². The number of hydrogen-bond acceptors (Lipinski definition) is 7. The molecule has 0 aromatic heterocycles. The van der Waals surface area contributed by atoms with Gasteiger partial charge in [0, 0.05) is 13.1 Å². The van der Waals surface area contributed by atoms with E-state index in [9.17, 15) is 18.3 Å². The lowest BCUT2D eigenvalue weighted by Gasteiger charge is -2.31. The summed E-state index contributed by atoms with van der Waals surface area (Å²) in [5, 5.41) is 14.3. The zero-order valence-electron chi connectivity index (χ0n) is 23.6. The van der Waals surface area contributed by atoms with E-state index in [1.807, 2.05) is 63.2 Å². The molecular formula is C30H42N2O7S. The van der Waals surface area contributed by atoms with E-state index >= 15 is 0 Å². The molecule has 2 aromatic carbocycles. The van der Waals surface area contributed by atoms with E-state index in [0.29, 0.717) is 13.0 Å². The van der Waals surface area contributed by atoms with Crippen molar-refractivity contribution in [3.05, 3.63) is 65.7 Å². The Hall–Kier alpha value is -2.50. The Labute approximate surface area is 237 Å². The Kier molecular flexibility index (Phi) is 10.6. The van der Waals surface area contributed by atoms with Gasteiger partial charge in [-0.1, -0.05) is 69.7 Å². The molecule has 0 saturated carbocycles. The molecule has 6 atom stereocenters. The lowest BCUT2D eigenvalue weighted by Crippen LogP contribution is -2.51. The fourth-order valence-electron chi connectivity index (χ4n) is 5.15. The maximum absolute atomic E-state index is 13.7. The number of nitrogens with zero attached hydrogens (tertiary/aromatic N) is 1. The molecule has 4 rings (SSSR count). The summed E-state index contributed by atoms with van der Waals surface area (Å²) in [4.78, 5) is 13.2. The minimum atomic E-state index is -3.89. The normalized spacial score (nSPS) is 23.0. The molecule has 2 fully saturated rings. The van der Waals surface area contributed by atoms with Crippen molar-refractivity contribution in [2.75, 3.05) is 26.3 Å². The third-order valence-corrected chi connectivity index (χ3v) is 9.73. The topological polar surface area (TPSA) is 114 Å². The monoisotopic (exact) mass is 574 g/mol. The third kappa shape index (κ3) is 7.61. The molecule has 220 valence electrons. The standard InChI is InChI=1S/C30H42N2O7S/c1-4-21(3)18-32(40(35,36)24-13-11-22(5-2)12-14-24)19-27(33)26(17-23-9-7-6-8-10-23)31-30(34)39-28-20-38-29-25(28)15-16-37-29/h6-14,21,25-29,33H,4-5,15-20H2,1-3H3,(H,31,34)/t21-,25-,26-,27+,28-,29+/m0/s1. The van der Waals surface area contributed by atoms with E-state index < -0.39 is 34.4 Å². The molecule has 0 spiro atoms. The number of sulfonamides is 1. The summed E-state index contributed by atoms with van der Waals surface area (Å²) in [7, 11) is -3.89. The van der Waals surface area contributed by atoms with Crippen LogP contribution >= 0.6 is 0 Å². The lowest BCUT2D eigenvalue weighted by molar-refractivity contribution is -0.0907. The number of benzene rings is 2. The SMILES string of the molecule is CCc1ccc(S(=O)(=O)N(C[C@@H](C)CC)C[C@@H](O)[C@H](Cc2ccccc2)NC(=O)O[C@H]2CO[C@H]3OCC[C@H]32)cc1. The van der Waals surface area contributed by atoms with Crippen molar-refractivity contribution in [2.24, 2.45) is 11.8 Å². The molecule has 2 saturated heterocycles. The van der Waals surface area contributed by atoms with Crippen LogP contribution in [0, 0.1) is 11.8 Å². The van der Waals surface area contributed by atoms with Crippen LogP contribution in [0.5, 0.6) is 0 Å². The van der Waals surface area contributed by atoms with Crippen molar-refractivity contribution in [2.45, 2.75) is 75.9 Å². The van der Waals surface area contributed by atoms with Gasteiger partial charge in [-0.05, 0) is 48.4 Å². The van der Waals surface area contributed by atoms with Crippen LogP contribution in [0.4, 0.5) is 4.79 Å². The smallest absolute Gasteiger partial charge is 0.407 e. The molecule has 2 heterocycles. The largest absolute Gasteiger partial charge is 0.443 e. The van der Waals surface area contributed by atoms with Crippen LogP contribution in [0.2, 0.25) is 0 Å². The van der Waals surface area contributed by atoms with Crippen molar-refractivity contribution in [1.29, 1.82) is 0 Å². The molecule has 2 N–H and O–H groups in total. The van der Waals surface area contributed by atoms with Crippen LogP contribution in [0.15, 0.2) is 59.5 Å². The molecule has 0 aliphatic carbocycles. The molecule has 40 heavy (non-hydrogen) atoms. The van der Waals surface area contributed by atoms with E-state index in [-0.39, 0.29) is 42.7 Å². The minimum absolute atomic E-state index is 0.0153. The number of carbonyl (C=O) groups is 1. The number of aryl methyl sites for hydroxylation is 1. The van der Waals surface area contributed by atoms with Crippen molar-refractivity contribution >= 4 is 16.1 Å². The number of amides is 1. The Balaban J connectivity index is 1.52. The van der Waals surface area contributed by atoms with Crippen LogP contribution in [0.3, 0.4) is 0 Å². The van der Waals surface area contributed by atoms with Gasteiger partial charge in [0.05, 0.1) is 36.2 Å².